The van der Waals surface area contributed by atoms with Crippen molar-refractivity contribution in [3.63, 3.8) is 0 Å². The molecule has 0 aromatic heterocycles. The SMILES string of the molecule is Cc1ccc(C)c(C[C@H](Oc2cccc3ccccc23)C(=O)O)c1. The van der Waals surface area contributed by atoms with Gasteiger partial charge in [0.05, 0.1) is 0 Å². The summed E-state index contributed by atoms with van der Waals surface area (Å²) in [5.41, 5.74) is 3.20. The van der Waals surface area contributed by atoms with Crippen molar-refractivity contribution in [1.82, 2.24) is 0 Å². The van der Waals surface area contributed by atoms with E-state index in [1.807, 2.05) is 74.5 Å². The first-order valence-corrected chi connectivity index (χ1v) is 7.98. The van der Waals surface area contributed by atoms with Crippen LogP contribution in [0.25, 0.3) is 10.8 Å². The molecule has 0 bridgehead atoms. The number of hydrogen-bond donors (Lipinski definition) is 1. The zero-order valence-corrected chi connectivity index (χ0v) is 13.8. The lowest BCUT2D eigenvalue weighted by molar-refractivity contribution is -0.144. The highest BCUT2D eigenvalue weighted by molar-refractivity contribution is 5.88. The first-order valence-electron chi connectivity index (χ1n) is 7.98. The van der Waals surface area contributed by atoms with E-state index in [1.54, 1.807) is 0 Å². The van der Waals surface area contributed by atoms with Crippen LogP contribution in [0, 0.1) is 13.8 Å². The molecule has 0 aliphatic heterocycles. The summed E-state index contributed by atoms with van der Waals surface area (Å²) in [6, 6.07) is 19.6. The van der Waals surface area contributed by atoms with Crippen LogP contribution in [0.4, 0.5) is 0 Å². The lowest BCUT2D eigenvalue weighted by Gasteiger charge is -2.18. The topological polar surface area (TPSA) is 46.5 Å². The highest BCUT2D eigenvalue weighted by Gasteiger charge is 2.22. The van der Waals surface area contributed by atoms with Gasteiger partial charge in [0, 0.05) is 11.8 Å². The van der Waals surface area contributed by atoms with E-state index in [1.165, 1.54) is 0 Å². The zero-order chi connectivity index (χ0) is 17.1. The molecule has 122 valence electrons. The molecule has 1 atom stereocenters. The predicted octanol–water partition coefficient (Wildman–Crippen LogP) is 4.53. The maximum absolute atomic E-state index is 11.7. The van der Waals surface area contributed by atoms with Crippen molar-refractivity contribution in [1.29, 1.82) is 0 Å². The maximum Gasteiger partial charge on any atom is 0.345 e. The average Bonchev–Trinajstić information content (AvgIpc) is 2.57. The van der Waals surface area contributed by atoms with E-state index in [0.717, 1.165) is 27.5 Å². The standard InChI is InChI=1S/C21H20O3/c1-14-10-11-15(2)17(12-14)13-20(21(22)23)24-19-9-5-7-16-6-3-4-8-18(16)19/h3-12,20H,13H2,1-2H3,(H,22,23)/t20-/m0/s1. The number of carbonyl (C=O) groups is 1. The van der Waals surface area contributed by atoms with Crippen LogP contribution in [0.2, 0.25) is 0 Å². The van der Waals surface area contributed by atoms with Crippen molar-refractivity contribution in [2.45, 2.75) is 26.4 Å². The fourth-order valence-corrected chi connectivity index (χ4v) is 2.85. The summed E-state index contributed by atoms with van der Waals surface area (Å²) in [6.07, 6.45) is -0.581. The number of rotatable bonds is 5. The normalized spacial score (nSPS) is 12.1. The maximum atomic E-state index is 11.7. The molecule has 3 aromatic carbocycles. The van der Waals surface area contributed by atoms with Crippen molar-refractivity contribution in [2.75, 3.05) is 0 Å². The summed E-state index contributed by atoms with van der Waals surface area (Å²) in [5.74, 6) is -0.352. The van der Waals surface area contributed by atoms with E-state index >= 15 is 0 Å². The van der Waals surface area contributed by atoms with Crippen LogP contribution in [0.5, 0.6) is 5.75 Å². The molecular formula is C21H20O3. The minimum atomic E-state index is -0.955. The first kappa shape index (κ1) is 16.1. The molecule has 0 radical (unpaired) electrons. The molecule has 3 nitrogen and oxygen atoms in total. The van der Waals surface area contributed by atoms with E-state index < -0.39 is 12.1 Å². The molecule has 24 heavy (non-hydrogen) atoms. The highest BCUT2D eigenvalue weighted by atomic mass is 16.5. The van der Waals surface area contributed by atoms with Gasteiger partial charge in [-0.25, -0.2) is 4.79 Å². The Bertz CT molecular complexity index is 878. The van der Waals surface area contributed by atoms with E-state index in [4.69, 9.17) is 4.74 Å². The van der Waals surface area contributed by atoms with Crippen molar-refractivity contribution >= 4 is 16.7 Å². The number of aliphatic carboxylic acids is 1. The molecule has 0 saturated heterocycles. The Morgan fingerprint density at radius 1 is 1.04 bits per heavy atom. The summed E-state index contributed by atoms with van der Waals surface area (Å²) < 4.78 is 5.89. The van der Waals surface area contributed by atoms with Crippen LogP contribution in [-0.4, -0.2) is 17.2 Å². The molecule has 3 heteroatoms. The van der Waals surface area contributed by atoms with Crippen LogP contribution in [0.15, 0.2) is 60.7 Å². The molecule has 0 aliphatic rings. The number of benzene rings is 3. The van der Waals surface area contributed by atoms with Gasteiger partial charge in [-0.05, 0) is 36.4 Å². The third-order valence-electron chi connectivity index (χ3n) is 4.20. The second-order valence-electron chi connectivity index (χ2n) is 6.06. The summed E-state index contributed by atoms with van der Waals surface area (Å²) in [4.78, 5) is 11.7. The second-order valence-corrected chi connectivity index (χ2v) is 6.06. The Labute approximate surface area is 141 Å². The minimum Gasteiger partial charge on any atom is -0.478 e. The number of aryl methyl sites for hydroxylation is 2. The monoisotopic (exact) mass is 320 g/mol. The van der Waals surface area contributed by atoms with Crippen molar-refractivity contribution in [3.05, 3.63) is 77.4 Å². The number of ether oxygens (including phenoxy) is 1. The summed E-state index contributed by atoms with van der Waals surface area (Å²) in [5, 5.41) is 11.6. The van der Waals surface area contributed by atoms with E-state index in [2.05, 4.69) is 0 Å². The summed E-state index contributed by atoms with van der Waals surface area (Å²) in [7, 11) is 0. The molecule has 0 unspecified atom stereocenters. The highest BCUT2D eigenvalue weighted by Crippen LogP contribution is 2.27. The minimum absolute atomic E-state index is 0.339. The smallest absolute Gasteiger partial charge is 0.345 e. The van der Waals surface area contributed by atoms with Gasteiger partial charge in [-0.2, -0.15) is 0 Å². The van der Waals surface area contributed by atoms with Crippen LogP contribution in [-0.2, 0) is 11.2 Å². The Morgan fingerprint density at radius 2 is 1.79 bits per heavy atom. The molecular weight excluding hydrogens is 300 g/mol. The molecule has 1 N–H and O–H groups in total. The van der Waals surface area contributed by atoms with Gasteiger partial charge in [0.2, 0.25) is 0 Å². The van der Waals surface area contributed by atoms with Gasteiger partial charge < -0.3 is 9.84 Å². The van der Waals surface area contributed by atoms with Gasteiger partial charge >= 0.3 is 5.97 Å². The van der Waals surface area contributed by atoms with Gasteiger partial charge in [0.25, 0.3) is 0 Å². The summed E-state index contributed by atoms with van der Waals surface area (Å²) >= 11 is 0. The van der Waals surface area contributed by atoms with Crippen molar-refractivity contribution in [2.24, 2.45) is 0 Å². The Hall–Kier alpha value is -2.81. The van der Waals surface area contributed by atoms with E-state index in [-0.39, 0.29) is 0 Å². The number of hydrogen-bond acceptors (Lipinski definition) is 2. The van der Waals surface area contributed by atoms with Crippen LogP contribution in [0.3, 0.4) is 0 Å². The van der Waals surface area contributed by atoms with Gasteiger partial charge in [0.1, 0.15) is 5.75 Å². The zero-order valence-electron chi connectivity index (χ0n) is 13.8. The van der Waals surface area contributed by atoms with Crippen LogP contribution >= 0.6 is 0 Å². The molecule has 0 fully saturated rings. The number of carboxylic acid groups (broad SMARTS) is 1. The van der Waals surface area contributed by atoms with Gasteiger partial charge in [-0.3, -0.25) is 0 Å². The lowest BCUT2D eigenvalue weighted by Crippen LogP contribution is -2.29. The molecule has 0 spiro atoms. The molecule has 0 amide bonds. The molecule has 0 heterocycles. The Kier molecular flexibility index (Phi) is 4.52. The molecule has 3 aromatic rings. The average molecular weight is 320 g/mol. The van der Waals surface area contributed by atoms with Gasteiger partial charge in [-0.1, -0.05) is 60.2 Å². The number of fused-ring (bicyclic) bond motifs is 1. The fourth-order valence-electron chi connectivity index (χ4n) is 2.85. The third-order valence-corrected chi connectivity index (χ3v) is 4.20. The third kappa shape index (κ3) is 3.40. The van der Waals surface area contributed by atoms with Crippen LogP contribution < -0.4 is 4.74 Å². The Morgan fingerprint density at radius 3 is 2.58 bits per heavy atom. The lowest BCUT2D eigenvalue weighted by atomic mass is 10.00. The fraction of sp³-hybridized carbons (Fsp3) is 0.190. The van der Waals surface area contributed by atoms with Crippen molar-refractivity contribution in [3.8, 4) is 5.75 Å². The van der Waals surface area contributed by atoms with Gasteiger partial charge in [0.15, 0.2) is 6.10 Å². The van der Waals surface area contributed by atoms with Gasteiger partial charge in [-0.15, -0.1) is 0 Å². The Balaban J connectivity index is 1.91. The predicted molar refractivity (Wildman–Crippen MR) is 95.6 cm³/mol. The van der Waals surface area contributed by atoms with E-state index in [0.29, 0.717) is 12.2 Å². The second kappa shape index (κ2) is 6.75. The van der Waals surface area contributed by atoms with Crippen molar-refractivity contribution < 1.29 is 14.6 Å². The molecule has 0 aliphatic carbocycles. The molecule has 0 saturated carbocycles. The number of carboxylic acids is 1. The van der Waals surface area contributed by atoms with E-state index in [9.17, 15) is 9.90 Å². The largest absolute Gasteiger partial charge is 0.478 e. The summed E-state index contributed by atoms with van der Waals surface area (Å²) in [6.45, 7) is 4.00. The quantitative estimate of drug-likeness (QED) is 0.751. The first-order chi connectivity index (χ1) is 11.5. The molecule has 3 rings (SSSR count). The van der Waals surface area contributed by atoms with Crippen LogP contribution in [0.1, 0.15) is 16.7 Å².